The molecule has 2 amide bonds. The first-order valence-electron chi connectivity index (χ1n) is 10.9. The largest absolute Gasteiger partial charge is 0.493 e. The van der Waals surface area contributed by atoms with Crippen LogP contribution in [0.1, 0.15) is 39.9 Å². The summed E-state index contributed by atoms with van der Waals surface area (Å²) in [5.41, 5.74) is 1.36. The number of ether oxygens (including phenoxy) is 2. The summed E-state index contributed by atoms with van der Waals surface area (Å²) in [6.07, 6.45) is -5.87. The Kier molecular flexibility index (Phi) is 5.29. The van der Waals surface area contributed by atoms with Crippen molar-refractivity contribution in [3.8, 4) is 5.75 Å². The third-order valence-electron chi connectivity index (χ3n) is 5.75. The van der Waals surface area contributed by atoms with Crippen molar-refractivity contribution in [1.29, 1.82) is 0 Å². The van der Waals surface area contributed by atoms with E-state index < -0.39 is 71.5 Å². The normalized spacial score (nSPS) is 26.8. The molecule has 1 aliphatic rings. The van der Waals surface area contributed by atoms with E-state index in [0.29, 0.717) is 13.0 Å². The van der Waals surface area contributed by atoms with E-state index in [1.165, 1.54) is 6.07 Å². The van der Waals surface area contributed by atoms with Gasteiger partial charge in [0, 0.05) is 29.3 Å². The monoisotopic (exact) mass is 476 g/mol. The Morgan fingerprint density at radius 2 is 2.00 bits per heavy atom. The summed E-state index contributed by atoms with van der Waals surface area (Å²) < 4.78 is 102. The number of halogens is 5. The van der Waals surface area contributed by atoms with E-state index in [0.717, 1.165) is 25.3 Å². The quantitative estimate of drug-likeness (QED) is 0.643. The highest BCUT2D eigenvalue weighted by Crippen LogP contribution is 2.55. The Balaban J connectivity index is 2.12. The van der Waals surface area contributed by atoms with Crippen LogP contribution in [0.2, 0.25) is 0 Å². The molecule has 0 saturated carbocycles. The molecule has 3 rings (SSSR count). The van der Waals surface area contributed by atoms with E-state index in [-0.39, 0.29) is 11.4 Å². The lowest BCUT2D eigenvalue weighted by Crippen LogP contribution is -2.47. The zero-order chi connectivity index (χ0) is 27.2. The standard InChI is InChI=1S/C21H20F5N3O4/c1-9-14(11-4-5-12(22)15(23)16(11)32-3)17(33-20(9,2)21(24,25)26)19(31)29-10-6-7-28-13(8-10)18(27)30/h4-9,14,17H,1-3H3,(H2,27,30)(H,28,29,31)/t9-,14+,17-,20+/m0/s1/i3D3. The minimum Gasteiger partial charge on any atom is -0.493 e. The number of methoxy groups -OCH3 is 1. The Bertz CT molecular complexity index is 1190. The number of carbonyl (C=O) groups excluding carboxylic acids is 2. The van der Waals surface area contributed by atoms with Gasteiger partial charge in [-0.25, -0.2) is 4.39 Å². The molecule has 2 heterocycles. The second-order valence-corrected chi connectivity index (χ2v) is 7.62. The molecule has 4 atom stereocenters. The van der Waals surface area contributed by atoms with Crippen molar-refractivity contribution in [3.05, 3.63) is 53.4 Å². The molecule has 0 unspecified atom stereocenters. The van der Waals surface area contributed by atoms with Gasteiger partial charge in [-0.2, -0.15) is 17.6 Å². The molecular formula is C21H20F5N3O4. The van der Waals surface area contributed by atoms with Crippen molar-refractivity contribution in [3.63, 3.8) is 0 Å². The van der Waals surface area contributed by atoms with Gasteiger partial charge < -0.3 is 20.5 Å². The average Bonchev–Trinajstić information content (AvgIpc) is 3.03. The molecule has 2 aromatic rings. The number of primary amides is 1. The lowest BCUT2D eigenvalue weighted by atomic mass is 9.77. The van der Waals surface area contributed by atoms with E-state index >= 15 is 0 Å². The number of nitrogens with zero attached hydrogens (tertiary/aromatic N) is 1. The maximum atomic E-state index is 14.6. The number of hydrogen-bond acceptors (Lipinski definition) is 5. The number of rotatable bonds is 5. The number of nitrogens with one attached hydrogen (secondary N) is 1. The number of hydrogen-bond donors (Lipinski definition) is 2. The molecule has 3 N–H and O–H groups in total. The Labute approximate surface area is 189 Å². The highest BCUT2D eigenvalue weighted by molar-refractivity contribution is 5.97. The molecule has 0 spiro atoms. The summed E-state index contributed by atoms with van der Waals surface area (Å²) >= 11 is 0. The first-order chi connectivity index (χ1) is 16.5. The SMILES string of the molecule is [2H]C([2H])([2H])Oc1c([C@@H]2[C@@H](C(=O)Nc3ccnc(C(N)=O)c3)O[C@@](C)(C(F)(F)F)[C@H]2C)ccc(F)c1F. The first-order valence-corrected chi connectivity index (χ1v) is 9.44. The van der Waals surface area contributed by atoms with Crippen molar-refractivity contribution in [2.45, 2.75) is 37.6 Å². The molecule has 7 nitrogen and oxygen atoms in total. The molecular weight excluding hydrogens is 453 g/mol. The third-order valence-corrected chi connectivity index (χ3v) is 5.75. The van der Waals surface area contributed by atoms with Gasteiger partial charge in [0.1, 0.15) is 11.8 Å². The van der Waals surface area contributed by atoms with Crippen LogP contribution >= 0.6 is 0 Å². The van der Waals surface area contributed by atoms with Crippen molar-refractivity contribution in [1.82, 2.24) is 4.98 Å². The number of aromatic nitrogens is 1. The minimum atomic E-state index is -5.01. The Morgan fingerprint density at radius 3 is 2.61 bits per heavy atom. The second kappa shape index (κ2) is 8.58. The van der Waals surface area contributed by atoms with Crippen LogP contribution in [0.4, 0.5) is 27.6 Å². The van der Waals surface area contributed by atoms with Crippen LogP contribution in [0.25, 0.3) is 0 Å². The molecule has 0 bridgehead atoms. The number of alkyl halides is 3. The molecule has 1 saturated heterocycles. The average molecular weight is 476 g/mol. The van der Waals surface area contributed by atoms with Crippen LogP contribution in [0.15, 0.2) is 30.5 Å². The smallest absolute Gasteiger partial charge is 0.417 e. The predicted molar refractivity (Wildman–Crippen MR) is 106 cm³/mol. The predicted octanol–water partition coefficient (Wildman–Crippen LogP) is 3.55. The van der Waals surface area contributed by atoms with Crippen LogP contribution in [0.5, 0.6) is 5.75 Å². The van der Waals surface area contributed by atoms with Gasteiger partial charge >= 0.3 is 6.18 Å². The summed E-state index contributed by atoms with van der Waals surface area (Å²) in [6, 6.07) is 3.70. The number of anilines is 1. The zero-order valence-electron chi connectivity index (χ0n) is 20.2. The number of carbonyl (C=O) groups is 2. The van der Waals surface area contributed by atoms with E-state index in [1.54, 1.807) is 0 Å². The van der Waals surface area contributed by atoms with Gasteiger partial charge in [0.2, 0.25) is 5.82 Å². The van der Waals surface area contributed by atoms with E-state index in [9.17, 15) is 31.5 Å². The van der Waals surface area contributed by atoms with Crippen LogP contribution in [0.3, 0.4) is 0 Å². The maximum Gasteiger partial charge on any atom is 0.417 e. The molecule has 1 aliphatic heterocycles. The topological polar surface area (TPSA) is 104 Å². The summed E-state index contributed by atoms with van der Waals surface area (Å²) in [7, 11) is -3.29. The number of pyridine rings is 1. The second-order valence-electron chi connectivity index (χ2n) is 7.62. The summed E-state index contributed by atoms with van der Waals surface area (Å²) in [6.45, 7) is 1.75. The zero-order valence-corrected chi connectivity index (χ0v) is 17.2. The van der Waals surface area contributed by atoms with Crippen LogP contribution in [0, 0.1) is 17.6 Å². The summed E-state index contributed by atoms with van der Waals surface area (Å²) in [5.74, 6) is -9.76. The van der Waals surface area contributed by atoms with E-state index in [2.05, 4.69) is 15.0 Å². The fourth-order valence-corrected chi connectivity index (χ4v) is 3.79. The van der Waals surface area contributed by atoms with Gasteiger partial charge in [0.05, 0.1) is 11.2 Å². The Hall–Kier alpha value is -3.28. The van der Waals surface area contributed by atoms with Crippen molar-refractivity contribution in [2.24, 2.45) is 11.7 Å². The minimum absolute atomic E-state index is 0.0660. The molecule has 0 aliphatic carbocycles. The molecule has 178 valence electrons. The third kappa shape index (κ3) is 4.22. The van der Waals surface area contributed by atoms with Crippen molar-refractivity contribution in [2.75, 3.05) is 12.4 Å². The number of nitrogens with two attached hydrogens (primary N) is 1. The Morgan fingerprint density at radius 1 is 1.30 bits per heavy atom. The van der Waals surface area contributed by atoms with Gasteiger partial charge in [0.15, 0.2) is 17.2 Å². The number of benzene rings is 1. The molecule has 1 aromatic carbocycles. The highest BCUT2D eigenvalue weighted by Gasteiger charge is 2.65. The lowest BCUT2D eigenvalue weighted by molar-refractivity contribution is -0.272. The van der Waals surface area contributed by atoms with Gasteiger partial charge in [-0.1, -0.05) is 13.0 Å². The van der Waals surface area contributed by atoms with Crippen LogP contribution in [-0.2, 0) is 9.53 Å². The van der Waals surface area contributed by atoms with Gasteiger partial charge in [-0.3, -0.25) is 14.6 Å². The van der Waals surface area contributed by atoms with E-state index in [4.69, 9.17) is 14.6 Å². The first kappa shape index (κ1) is 20.3. The number of amides is 2. The fraction of sp³-hybridized carbons (Fsp3) is 0.381. The molecule has 1 aromatic heterocycles. The molecule has 1 fully saturated rings. The molecule has 12 heteroatoms. The summed E-state index contributed by atoms with van der Waals surface area (Å²) in [5, 5.41) is 2.28. The van der Waals surface area contributed by atoms with E-state index in [1.807, 2.05) is 0 Å². The van der Waals surface area contributed by atoms with Crippen LogP contribution in [-0.4, -0.2) is 41.7 Å². The summed E-state index contributed by atoms with van der Waals surface area (Å²) in [4.78, 5) is 28.2. The van der Waals surface area contributed by atoms with Gasteiger partial charge in [0.25, 0.3) is 11.8 Å². The molecule has 0 radical (unpaired) electrons. The maximum absolute atomic E-state index is 14.6. The van der Waals surface area contributed by atoms with Gasteiger partial charge in [-0.15, -0.1) is 0 Å². The fourth-order valence-electron chi connectivity index (χ4n) is 3.79. The van der Waals surface area contributed by atoms with Crippen molar-refractivity contribution >= 4 is 17.5 Å². The highest BCUT2D eigenvalue weighted by atomic mass is 19.4. The lowest BCUT2D eigenvalue weighted by Gasteiger charge is -2.32. The van der Waals surface area contributed by atoms with Crippen molar-refractivity contribution < 1.29 is 45.1 Å². The van der Waals surface area contributed by atoms with Crippen LogP contribution < -0.4 is 15.8 Å². The van der Waals surface area contributed by atoms with Gasteiger partial charge in [-0.05, 0) is 25.1 Å². The molecule has 33 heavy (non-hydrogen) atoms.